The van der Waals surface area contributed by atoms with Crippen LogP contribution in [0.15, 0.2) is 90.6 Å². The van der Waals surface area contributed by atoms with Crippen molar-refractivity contribution in [3.05, 3.63) is 135 Å². The van der Waals surface area contributed by atoms with Gasteiger partial charge in [-0.3, -0.25) is 23.7 Å². The first-order chi connectivity index (χ1) is 31.9. The van der Waals surface area contributed by atoms with Gasteiger partial charge in [0.25, 0.3) is 10.1 Å². The summed E-state index contributed by atoms with van der Waals surface area (Å²) in [7, 11) is -3.75. The van der Waals surface area contributed by atoms with Crippen molar-refractivity contribution in [2.45, 2.75) is 64.5 Å². The van der Waals surface area contributed by atoms with Crippen molar-refractivity contribution in [3.8, 4) is 22.3 Å². The summed E-state index contributed by atoms with van der Waals surface area (Å²) >= 11 is 12.7. The number of aromatic nitrogens is 4. The van der Waals surface area contributed by atoms with Crippen molar-refractivity contribution in [1.29, 1.82) is 0 Å². The van der Waals surface area contributed by atoms with Crippen molar-refractivity contribution < 1.29 is 22.2 Å². The van der Waals surface area contributed by atoms with Crippen LogP contribution in [0.5, 0.6) is 0 Å². The van der Waals surface area contributed by atoms with Crippen molar-refractivity contribution in [3.63, 3.8) is 0 Å². The van der Waals surface area contributed by atoms with E-state index in [4.69, 9.17) is 52.0 Å². The fourth-order valence-corrected chi connectivity index (χ4v) is 9.72. The highest BCUT2D eigenvalue weighted by molar-refractivity contribution is 7.86. The fourth-order valence-electron chi connectivity index (χ4n) is 8.22. The third-order valence-electron chi connectivity index (χ3n) is 11.9. The molecule has 2 aliphatic rings. The van der Waals surface area contributed by atoms with Gasteiger partial charge in [-0.15, -0.1) is 0 Å². The second-order valence-corrected chi connectivity index (χ2v) is 18.9. The number of H-pyrrole nitrogens is 1. The Balaban J connectivity index is 0.000000153. The average molecular weight is 960 g/mol. The summed E-state index contributed by atoms with van der Waals surface area (Å²) < 4.78 is 31.5. The summed E-state index contributed by atoms with van der Waals surface area (Å²) in [6.45, 7) is 25.8. The van der Waals surface area contributed by atoms with Crippen LogP contribution >= 0.6 is 23.2 Å². The summed E-state index contributed by atoms with van der Waals surface area (Å²) in [5.74, 6) is 0.0348. The van der Waals surface area contributed by atoms with Gasteiger partial charge in [0.2, 0.25) is 11.8 Å². The fraction of sp³-hybridized carbons (Fsp3) is 0.265. The van der Waals surface area contributed by atoms with Crippen molar-refractivity contribution in [1.82, 2.24) is 29.3 Å². The molecular weight excluding hydrogens is 912 g/mol. The first-order valence-corrected chi connectivity index (χ1v) is 23.4. The predicted molar refractivity (Wildman–Crippen MR) is 264 cm³/mol. The monoisotopic (exact) mass is 958 g/mol. The summed E-state index contributed by atoms with van der Waals surface area (Å²) in [6, 6.07) is 14.5. The highest BCUT2D eigenvalue weighted by atomic mass is 35.5. The maximum absolute atomic E-state index is 12.1. The topological polar surface area (TPSA) is 191 Å². The minimum atomic E-state index is -3.75. The van der Waals surface area contributed by atoms with Gasteiger partial charge in [-0.25, -0.2) is 9.69 Å². The molecule has 0 aliphatic carbocycles. The molecule has 344 valence electrons. The van der Waals surface area contributed by atoms with Crippen LogP contribution in [0.3, 0.4) is 0 Å². The lowest BCUT2D eigenvalue weighted by Crippen LogP contribution is -2.28. The molecule has 9 rings (SSSR count). The highest BCUT2D eigenvalue weighted by Gasteiger charge is 2.30. The normalized spacial score (nSPS) is 15.7. The van der Waals surface area contributed by atoms with E-state index in [1.165, 1.54) is 31.5 Å². The summed E-state index contributed by atoms with van der Waals surface area (Å²) in [5, 5.41) is 2.81. The summed E-state index contributed by atoms with van der Waals surface area (Å²) in [4.78, 5) is 45.2. The number of nitrogens with zero attached hydrogens (tertiary/aromatic N) is 7. The van der Waals surface area contributed by atoms with E-state index in [0.717, 1.165) is 73.7 Å². The number of fused-ring (bicyclic) bond motifs is 2. The summed E-state index contributed by atoms with van der Waals surface area (Å²) in [5.41, 5.74) is 22.0. The van der Waals surface area contributed by atoms with Crippen LogP contribution in [0.25, 0.3) is 53.7 Å². The van der Waals surface area contributed by atoms with Gasteiger partial charge in [-0.1, -0.05) is 40.9 Å². The number of amides is 2. The van der Waals surface area contributed by atoms with Crippen LogP contribution in [0.2, 0.25) is 10.0 Å². The molecule has 67 heavy (non-hydrogen) atoms. The number of benzene rings is 3. The average Bonchev–Trinajstić information content (AvgIpc) is 4.12. The highest BCUT2D eigenvalue weighted by Crippen LogP contribution is 2.42. The number of likely N-dealkylation sites (tertiary alicyclic amines) is 2. The Morgan fingerprint density at radius 1 is 0.761 bits per heavy atom. The van der Waals surface area contributed by atoms with E-state index in [2.05, 4.69) is 35.4 Å². The Labute approximate surface area is 399 Å². The van der Waals surface area contributed by atoms with Crippen LogP contribution in [0, 0.1) is 33.9 Å². The number of hydrogen-bond acceptors (Lipinski definition) is 9. The molecule has 2 saturated heterocycles. The molecule has 2 amide bonds. The van der Waals surface area contributed by atoms with Crippen LogP contribution in [-0.2, 0) is 23.9 Å². The molecule has 5 N–H and O–H groups in total. The minimum absolute atomic E-state index is 0.0566. The second-order valence-electron chi connectivity index (χ2n) is 16.5. The molecule has 15 nitrogen and oxygen atoms in total. The molecule has 4 aromatic heterocycles. The van der Waals surface area contributed by atoms with E-state index >= 15 is 0 Å². The van der Waals surface area contributed by atoms with Crippen LogP contribution < -0.4 is 11.5 Å². The number of nitrogens with one attached hydrogen (secondary N) is 1. The lowest BCUT2D eigenvalue weighted by atomic mass is 10.0. The number of nitrogen functional groups attached to an aromatic ring is 2. The van der Waals surface area contributed by atoms with Crippen LogP contribution in [0.1, 0.15) is 49.4 Å². The van der Waals surface area contributed by atoms with E-state index in [0.29, 0.717) is 58.8 Å². The molecular formula is C49H48Cl2N10O5S. The van der Waals surface area contributed by atoms with Crippen molar-refractivity contribution in [2.75, 3.05) is 37.6 Å². The Kier molecular flexibility index (Phi) is 14.2. The van der Waals surface area contributed by atoms with Gasteiger partial charge < -0.3 is 30.8 Å². The number of carbonyl (C=O) groups is 2. The smallest absolute Gasteiger partial charge is 0.297 e. The largest absolute Gasteiger partial charge is 0.396 e. The number of hydrogen-bond donors (Lipinski definition) is 3. The van der Waals surface area contributed by atoms with Crippen molar-refractivity contribution in [2.24, 2.45) is 0 Å². The SMILES string of the molecule is CC(=O)N1CCC(OS(=O)(=O)c2ccc(C)cc2)C1.[C-]#[N+]c1cc2c(-c3cncc(N)c3Cl)c[nH]c2cc1C.[C-]#[N+]c1cc2c(-c3cncc(N)c3Cl)cn(C3CCN(C(C)=O)C3)c2cc1C. The molecule has 2 unspecified atom stereocenters. The first-order valence-electron chi connectivity index (χ1n) is 21.2. The minimum Gasteiger partial charge on any atom is -0.396 e. The van der Waals surface area contributed by atoms with Gasteiger partial charge in [0, 0.05) is 98.1 Å². The maximum Gasteiger partial charge on any atom is 0.297 e. The molecule has 2 fully saturated rings. The number of halogens is 2. The standard InChI is InChI=1S/C21H20ClN5O.C15H11ClN4.C13H17NO4S/c1-12-6-20-15(7-19(12)24-3)17(16-8-25-9-18(23)21(16)22)11-27(20)14-4-5-26(10-14)13(2)28;1-8-3-14-9(4-13(8)18-2)10(6-20-14)11-5-19-7-12(17)15(11)16;1-10-3-5-13(6-4-10)19(16,17)18-12-7-8-14(9-12)11(2)15/h6-9,11,14H,4-5,10,23H2,1-2H3;3-7,20H,17H2,1H3;3-6,12H,7-9H2,1-2H3. The Morgan fingerprint density at radius 2 is 1.31 bits per heavy atom. The molecule has 7 aromatic rings. The molecule has 18 heteroatoms. The quantitative estimate of drug-likeness (QED) is 0.108. The molecule has 0 radical (unpaired) electrons. The van der Waals surface area contributed by atoms with E-state index < -0.39 is 16.2 Å². The van der Waals surface area contributed by atoms with Gasteiger partial charge in [-0.2, -0.15) is 8.42 Å². The van der Waals surface area contributed by atoms with Gasteiger partial charge in [0.15, 0.2) is 11.4 Å². The Bertz CT molecular complexity index is 3250. The summed E-state index contributed by atoms with van der Waals surface area (Å²) in [6.07, 6.45) is 11.3. The van der Waals surface area contributed by atoms with Gasteiger partial charge >= 0.3 is 0 Å². The lowest BCUT2D eigenvalue weighted by molar-refractivity contribution is -0.128. The van der Waals surface area contributed by atoms with Crippen LogP contribution in [0.4, 0.5) is 22.7 Å². The number of rotatable bonds is 6. The maximum atomic E-state index is 12.1. The number of nitrogens with two attached hydrogens (primary N) is 2. The Hall–Kier alpha value is -6.95. The first kappa shape index (κ1) is 48.0. The number of aryl methyl sites for hydroxylation is 3. The van der Waals surface area contributed by atoms with Crippen LogP contribution in [-0.4, -0.2) is 81.8 Å². The second kappa shape index (κ2) is 19.9. The van der Waals surface area contributed by atoms with E-state index in [9.17, 15) is 18.0 Å². The molecule has 2 atom stereocenters. The zero-order valence-corrected chi connectivity index (χ0v) is 39.8. The zero-order chi connectivity index (χ0) is 48.3. The molecule has 0 spiro atoms. The van der Waals surface area contributed by atoms with Gasteiger partial charge in [0.1, 0.15) is 0 Å². The molecule has 6 heterocycles. The van der Waals surface area contributed by atoms with Gasteiger partial charge in [-0.05, 0) is 91.9 Å². The van der Waals surface area contributed by atoms with Crippen molar-refractivity contribution >= 4 is 89.7 Å². The zero-order valence-electron chi connectivity index (χ0n) is 37.5. The molecule has 0 saturated carbocycles. The van der Waals surface area contributed by atoms with E-state index in [-0.39, 0.29) is 22.8 Å². The number of aromatic amines is 1. The van der Waals surface area contributed by atoms with Gasteiger partial charge in [0.05, 0.1) is 64.0 Å². The number of anilines is 2. The third kappa shape index (κ3) is 10.2. The Morgan fingerprint density at radius 3 is 1.88 bits per heavy atom. The molecule has 3 aromatic carbocycles. The number of pyridine rings is 2. The predicted octanol–water partition coefficient (Wildman–Crippen LogP) is 10.2. The third-order valence-corrected chi connectivity index (χ3v) is 14.2. The lowest BCUT2D eigenvalue weighted by Gasteiger charge is -2.16. The molecule has 0 bridgehead atoms. The molecule has 2 aliphatic heterocycles. The number of carbonyl (C=O) groups excluding carboxylic acids is 2. The van der Waals surface area contributed by atoms with E-state index in [1.807, 2.05) is 56.1 Å². The van der Waals surface area contributed by atoms with E-state index in [1.54, 1.807) is 36.4 Å².